The fourth-order valence-electron chi connectivity index (χ4n) is 6.17. The van der Waals surface area contributed by atoms with Gasteiger partial charge >= 0.3 is 0 Å². The number of phenols is 1. The van der Waals surface area contributed by atoms with Crippen LogP contribution in [-0.2, 0) is 4.74 Å². The van der Waals surface area contributed by atoms with E-state index >= 15 is 0 Å². The fourth-order valence-corrected chi connectivity index (χ4v) is 6.17. The number of nitrogens with zero attached hydrogens (tertiary/aromatic N) is 1. The Morgan fingerprint density at radius 2 is 1.57 bits per heavy atom. The van der Waals surface area contributed by atoms with Gasteiger partial charge in [-0.25, -0.2) is 0 Å². The molecule has 5 heteroatoms. The minimum Gasteiger partial charge on any atom is -0.508 e. The molecular weight excluding hydrogens is 498 g/mol. The van der Waals surface area contributed by atoms with Crippen molar-refractivity contribution in [3.8, 4) is 17.2 Å². The fraction of sp³-hybridized carbons (Fsp3) is 0.486. The van der Waals surface area contributed by atoms with Crippen LogP contribution in [0.5, 0.6) is 17.2 Å². The highest BCUT2D eigenvalue weighted by molar-refractivity contribution is 5.50. The van der Waals surface area contributed by atoms with Crippen LogP contribution >= 0.6 is 0 Å². The second-order valence-electron chi connectivity index (χ2n) is 11.2. The van der Waals surface area contributed by atoms with Gasteiger partial charge in [0.2, 0.25) is 0 Å². The maximum absolute atomic E-state index is 10.1. The van der Waals surface area contributed by atoms with E-state index < -0.39 is 0 Å². The number of hydrogen-bond donors (Lipinski definition) is 1. The number of benzene rings is 3. The van der Waals surface area contributed by atoms with E-state index in [1.807, 2.05) is 6.07 Å². The maximum atomic E-state index is 10.1. The molecule has 3 unspecified atom stereocenters. The third-order valence-electron chi connectivity index (χ3n) is 8.40. The van der Waals surface area contributed by atoms with Crippen molar-refractivity contribution in [1.29, 1.82) is 0 Å². The number of unbranched alkanes of at least 4 members (excludes halogenated alkanes) is 6. The van der Waals surface area contributed by atoms with Crippen LogP contribution in [0.1, 0.15) is 86.8 Å². The highest BCUT2D eigenvalue weighted by atomic mass is 16.5. The molecule has 3 aromatic carbocycles. The van der Waals surface area contributed by atoms with Gasteiger partial charge in [0.05, 0.1) is 19.8 Å². The summed E-state index contributed by atoms with van der Waals surface area (Å²) < 4.78 is 18.4. The van der Waals surface area contributed by atoms with Crippen molar-refractivity contribution in [2.45, 2.75) is 76.4 Å². The Morgan fingerprint density at radius 3 is 2.33 bits per heavy atom. The van der Waals surface area contributed by atoms with Gasteiger partial charge in [-0.1, -0.05) is 94.0 Å². The first-order chi connectivity index (χ1) is 19.7. The first kappa shape index (κ1) is 28.5. The molecule has 3 aromatic rings. The Hall–Kier alpha value is -3.02. The van der Waals surface area contributed by atoms with E-state index in [1.54, 1.807) is 12.1 Å². The molecule has 3 atom stereocenters. The van der Waals surface area contributed by atoms with Crippen molar-refractivity contribution in [2.24, 2.45) is 0 Å². The average Bonchev–Trinajstić information content (AvgIpc) is 3.00. The van der Waals surface area contributed by atoms with E-state index in [2.05, 4.69) is 66.4 Å². The molecular formula is C35H45NO4. The number of morpholine rings is 1. The predicted octanol–water partition coefficient (Wildman–Crippen LogP) is 7.88. The number of aromatic hydroxyl groups is 1. The van der Waals surface area contributed by atoms with E-state index in [1.165, 1.54) is 56.1 Å². The van der Waals surface area contributed by atoms with Gasteiger partial charge in [0.1, 0.15) is 17.2 Å². The molecule has 2 aliphatic rings. The number of ether oxygens (including phenoxy) is 3. The normalized spacial score (nSPS) is 19.9. The highest BCUT2D eigenvalue weighted by Crippen LogP contribution is 2.47. The van der Waals surface area contributed by atoms with Crippen LogP contribution in [0, 0.1) is 0 Å². The molecule has 0 radical (unpaired) electrons. The maximum Gasteiger partial charge on any atom is 0.152 e. The van der Waals surface area contributed by atoms with E-state index in [9.17, 15) is 5.11 Å². The molecule has 2 aliphatic heterocycles. The van der Waals surface area contributed by atoms with Crippen molar-refractivity contribution in [2.75, 3.05) is 32.9 Å². The Balaban J connectivity index is 1.30. The Bertz CT molecular complexity index is 1160. The SMILES string of the molecule is CCCCCCCCCC(Oc1ccc(C2c3ccc(O)cc3OCC2c2ccccc2)cc1)N1CCOCC1. The third-order valence-corrected chi connectivity index (χ3v) is 8.40. The molecule has 2 heterocycles. The van der Waals surface area contributed by atoms with Crippen LogP contribution in [0.25, 0.3) is 0 Å². The van der Waals surface area contributed by atoms with Gasteiger partial charge in [-0.3, -0.25) is 4.90 Å². The zero-order valence-electron chi connectivity index (χ0n) is 24.0. The predicted molar refractivity (Wildman–Crippen MR) is 160 cm³/mol. The topological polar surface area (TPSA) is 51.2 Å². The lowest BCUT2D eigenvalue weighted by Gasteiger charge is -2.35. The van der Waals surface area contributed by atoms with Gasteiger partial charge in [0, 0.05) is 36.6 Å². The zero-order valence-corrected chi connectivity index (χ0v) is 24.0. The van der Waals surface area contributed by atoms with Crippen LogP contribution in [0.3, 0.4) is 0 Å². The first-order valence-electron chi connectivity index (χ1n) is 15.3. The molecule has 214 valence electrons. The van der Waals surface area contributed by atoms with Crippen LogP contribution in [-0.4, -0.2) is 49.1 Å². The smallest absolute Gasteiger partial charge is 0.152 e. The number of fused-ring (bicyclic) bond motifs is 1. The Labute approximate surface area is 240 Å². The summed E-state index contributed by atoms with van der Waals surface area (Å²) in [7, 11) is 0. The average molecular weight is 544 g/mol. The standard InChI is InChI=1S/C35H45NO4/c1-2-3-4-5-6-7-11-14-34(36-21-23-38-24-22-36)40-30-18-15-28(16-19-30)35-31-20-17-29(37)25-33(31)39-26-32(35)27-12-9-8-10-13-27/h8-10,12-13,15-20,25,32,34-35,37H,2-7,11,14,21-24,26H2,1H3. The summed E-state index contributed by atoms with van der Waals surface area (Å²) >= 11 is 0. The third kappa shape index (κ3) is 7.38. The molecule has 0 aliphatic carbocycles. The summed E-state index contributed by atoms with van der Waals surface area (Å²) in [6, 6.07) is 24.8. The molecule has 0 spiro atoms. The van der Waals surface area contributed by atoms with Crippen LogP contribution in [0.4, 0.5) is 0 Å². The van der Waals surface area contributed by atoms with Crippen molar-refractivity contribution in [3.05, 3.63) is 89.5 Å². The summed E-state index contributed by atoms with van der Waals surface area (Å²) in [6.07, 6.45) is 10.2. The minimum absolute atomic E-state index is 0.0780. The van der Waals surface area contributed by atoms with Crippen molar-refractivity contribution in [3.63, 3.8) is 0 Å². The zero-order chi connectivity index (χ0) is 27.6. The molecule has 1 N–H and O–H groups in total. The summed E-state index contributed by atoms with van der Waals surface area (Å²) in [6.45, 7) is 6.23. The largest absolute Gasteiger partial charge is 0.508 e. The lowest BCUT2D eigenvalue weighted by atomic mass is 9.76. The monoisotopic (exact) mass is 543 g/mol. The summed E-state index contributed by atoms with van der Waals surface area (Å²) in [5, 5.41) is 10.1. The Kier molecular flexibility index (Phi) is 10.4. The van der Waals surface area contributed by atoms with Gasteiger partial charge in [-0.2, -0.15) is 0 Å². The number of phenolic OH excluding ortho intramolecular Hbond substituents is 1. The van der Waals surface area contributed by atoms with E-state index in [0.717, 1.165) is 49.8 Å². The lowest BCUT2D eigenvalue weighted by Crippen LogP contribution is -2.46. The Morgan fingerprint density at radius 1 is 0.850 bits per heavy atom. The van der Waals surface area contributed by atoms with Gasteiger partial charge in [-0.15, -0.1) is 0 Å². The van der Waals surface area contributed by atoms with Crippen molar-refractivity contribution in [1.82, 2.24) is 4.90 Å². The molecule has 0 amide bonds. The number of hydrogen-bond acceptors (Lipinski definition) is 5. The summed E-state index contributed by atoms with van der Waals surface area (Å²) in [5.74, 6) is 2.22. The van der Waals surface area contributed by atoms with Crippen LogP contribution < -0.4 is 9.47 Å². The molecule has 0 aromatic heterocycles. The van der Waals surface area contributed by atoms with Crippen molar-refractivity contribution < 1.29 is 19.3 Å². The van der Waals surface area contributed by atoms with E-state index in [0.29, 0.717) is 6.61 Å². The van der Waals surface area contributed by atoms with E-state index in [4.69, 9.17) is 14.2 Å². The molecule has 5 nitrogen and oxygen atoms in total. The van der Waals surface area contributed by atoms with E-state index in [-0.39, 0.29) is 23.8 Å². The van der Waals surface area contributed by atoms with Gasteiger partial charge in [-0.05, 0) is 42.2 Å². The van der Waals surface area contributed by atoms with Crippen LogP contribution in [0.2, 0.25) is 0 Å². The second kappa shape index (κ2) is 14.6. The van der Waals surface area contributed by atoms with Gasteiger partial charge < -0.3 is 19.3 Å². The molecule has 0 bridgehead atoms. The number of rotatable bonds is 13. The van der Waals surface area contributed by atoms with Crippen LogP contribution in [0.15, 0.2) is 72.8 Å². The molecule has 5 rings (SSSR count). The van der Waals surface area contributed by atoms with Gasteiger partial charge in [0.15, 0.2) is 6.23 Å². The first-order valence-corrected chi connectivity index (χ1v) is 15.3. The molecule has 40 heavy (non-hydrogen) atoms. The molecule has 1 fully saturated rings. The second-order valence-corrected chi connectivity index (χ2v) is 11.2. The molecule has 0 saturated carbocycles. The van der Waals surface area contributed by atoms with Crippen molar-refractivity contribution >= 4 is 0 Å². The molecule has 1 saturated heterocycles. The summed E-state index contributed by atoms with van der Waals surface area (Å²) in [5.41, 5.74) is 3.59. The lowest BCUT2D eigenvalue weighted by molar-refractivity contribution is -0.0497. The minimum atomic E-state index is 0.0780. The van der Waals surface area contributed by atoms with Gasteiger partial charge in [0.25, 0.3) is 0 Å². The summed E-state index contributed by atoms with van der Waals surface area (Å²) in [4.78, 5) is 2.45. The highest BCUT2D eigenvalue weighted by Gasteiger charge is 2.33. The quantitative estimate of drug-likeness (QED) is 0.222.